The molecule has 0 radical (unpaired) electrons. The summed E-state index contributed by atoms with van der Waals surface area (Å²) in [6.45, 7) is 12.3. The minimum atomic E-state index is -0.459. The summed E-state index contributed by atoms with van der Waals surface area (Å²) in [7, 11) is 0.958. The van der Waals surface area contributed by atoms with E-state index in [4.69, 9.17) is 10.5 Å². The molecule has 3 N–H and O–H groups in total. The van der Waals surface area contributed by atoms with Crippen molar-refractivity contribution in [3.63, 3.8) is 0 Å². The van der Waals surface area contributed by atoms with Crippen molar-refractivity contribution in [2.75, 3.05) is 7.11 Å². The van der Waals surface area contributed by atoms with Crippen molar-refractivity contribution < 1.29 is 19.0 Å². The molecule has 0 spiro atoms. The maximum absolute atomic E-state index is 12.5. The number of fused-ring (bicyclic) bond motifs is 1. The number of carbonyl (C=O) groups excluding carboxylic acids is 1. The molecule has 1 amide bonds. The Hall–Kier alpha value is -0.720. The summed E-state index contributed by atoms with van der Waals surface area (Å²) in [6, 6.07) is -0.0213. The van der Waals surface area contributed by atoms with E-state index in [1.807, 2.05) is 13.8 Å². The number of rotatable bonds is 3. The van der Waals surface area contributed by atoms with Gasteiger partial charge < -0.3 is 15.8 Å². The van der Waals surface area contributed by atoms with Crippen LogP contribution < -0.4 is 11.1 Å². The Bertz CT molecular complexity index is 468. The van der Waals surface area contributed by atoms with Crippen LogP contribution >= 0.6 is 0 Å². The van der Waals surface area contributed by atoms with Crippen molar-refractivity contribution in [3.8, 4) is 0 Å². The standard InChI is InChI=1S/C17H30N2O2.C2H6.CH3FO/c1-5-12-14(20)19-17(15(2,3)21-16(12,17)4)13(18)11-9-7-6-8-10-11;1-2;1-3-2/h11-13H,5-10,18H2,1-4H3,(H,19,20);1-2H3;1H3/t12-,13-,16-,17?;;/m0../s1. The predicted molar refractivity (Wildman–Crippen MR) is 102 cm³/mol. The van der Waals surface area contributed by atoms with Crippen LogP contribution in [0.15, 0.2) is 0 Å². The first-order chi connectivity index (χ1) is 12.2. The average Bonchev–Trinajstić information content (AvgIpc) is 2.81. The molecule has 6 heteroatoms. The van der Waals surface area contributed by atoms with E-state index in [0.717, 1.165) is 13.5 Å². The molecule has 4 atom stereocenters. The van der Waals surface area contributed by atoms with Gasteiger partial charge in [0.2, 0.25) is 5.91 Å². The smallest absolute Gasteiger partial charge is 0.226 e. The van der Waals surface area contributed by atoms with Crippen molar-refractivity contribution in [3.05, 3.63) is 0 Å². The highest BCUT2D eigenvalue weighted by Crippen LogP contribution is 2.60. The van der Waals surface area contributed by atoms with Gasteiger partial charge in [-0.25, -0.2) is 0 Å². The number of carbonyl (C=O) groups is 1. The molecule has 26 heavy (non-hydrogen) atoms. The van der Waals surface area contributed by atoms with Gasteiger partial charge in [0.05, 0.1) is 18.6 Å². The van der Waals surface area contributed by atoms with Crippen LogP contribution in [0.4, 0.5) is 4.53 Å². The third-order valence-electron chi connectivity index (χ3n) is 6.57. The van der Waals surface area contributed by atoms with E-state index in [9.17, 15) is 9.32 Å². The number of hydrogen-bond donors (Lipinski definition) is 2. The average molecular weight is 375 g/mol. The van der Waals surface area contributed by atoms with E-state index in [1.165, 1.54) is 32.1 Å². The summed E-state index contributed by atoms with van der Waals surface area (Å²) in [5.74, 6) is 0.536. The third kappa shape index (κ3) is 3.40. The van der Waals surface area contributed by atoms with Crippen LogP contribution in [-0.4, -0.2) is 35.8 Å². The highest BCUT2D eigenvalue weighted by molar-refractivity contribution is 5.86. The molecule has 1 saturated carbocycles. The van der Waals surface area contributed by atoms with Crippen LogP contribution in [0.1, 0.15) is 80.1 Å². The van der Waals surface area contributed by atoms with Crippen molar-refractivity contribution in [1.29, 1.82) is 0 Å². The third-order valence-corrected chi connectivity index (χ3v) is 6.57. The lowest BCUT2D eigenvalue weighted by Crippen LogP contribution is -2.87. The molecular formula is C20H39FN2O3. The van der Waals surface area contributed by atoms with Crippen LogP contribution in [0.25, 0.3) is 0 Å². The van der Waals surface area contributed by atoms with Gasteiger partial charge in [-0.05, 0) is 50.5 Å². The fourth-order valence-electron chi connectivity index (χ4n) is 5.63. The Labute approximate surface area is 158 Å². The zero-order chi connectivity index (χ0) is 20.2. The van der Waals surface area contributed by atoms with E-state index < -0.39 is 16.7 Å². The SMILES string of the molecule is CC.CC[C@H]1C(=O)NC2([C@@H](N)C3CCCCC3)C(C)(C)O[C@@]12C.COF. The van der Waals surface area contributed by atoms with Gasteiger partial charge in [-0.1, -0.05) is 40.0 Å². The Kier molecular flexibility index (Phi) is 8.05. The van der Waals surface area contributed by atoms with Crippen LogP contribution in [0.2, 0.25) is 0 Å². The highest BCUT2D eigenvalue weighted by Gasteiger charge is 2.79. The van der Waals surface area contributed by atoms with Crippen molar-refractivity contribution in [2.45, 2.75) is 103 Å². The lowest BCUT2D eigenvalue weighted by atomic mass is 9.55. The molecular weight excluding hydrogens is 335 g/mol. The maximum atomic E-state index is 12.5. The molecule has 2 heterocycles. The second kappa shape index (κ2) is 8.98. The fourth-order valence-corrected chi connectivity index (χ4v) is 5.63. The van der Waals surface area contributed by atoms with Crippen LogP contribution in [0, 0.1) is 11.8 Å². The largest absolute Gasteiger partial charge is 0.363 e. The van der Waals surface area contributed by atoms with Gasteiger partial charge in [0.25, 0.3) is 0 Å². The quantitative estimate of drug-likeness (QED) is 0.786. The number of nitrogens with two attached hydrogens (primary N) is 1. The van der Waals surface area contributed by atoms with E-state index >= 15 is 0 Å². The summed E-state index contributed by atoms with van der Waals surface area (Å²) in [5.41, 5.74) is 5.51. The van der Waals surface area contributed by atoms with E-state index in [0.29, 0.717) is 5.92 Å². The molecule has 3 rings (SSSR count). The van der Waals surface area contributed by atoms with Crippen molar-refractivity contribution in [2.24, 2.45) is 17.6 Å². The van der Waals surface area contributed by atoms with Gasteiger partial charge in [0.15, 0.2) is 0 Å². The van der Waals surface area contributed by atoms with Gasteiger partial charge in [0.1, 0.15) is 11.1 Å². The summed E-state index contributed by atoms with van der Waals surface area (Å²) in [6.07, 6.45) is 7.01. The summed E-state index contributed by atoms with van der Waals surface area (Å²) in [5, 5.41) is 3.31. The van der Waals surface area contributed by atoms with Crippen LogP contribution in [0.5, 0.6) is 0 Å². The number of hydrogen-bond acceptors (Lipinski definition) is 4. The first-order valence-electron chi connectivity index (χ1n) is 10.1. The summed E-state index contributed by atoms with van der Waals surface area (Å²) >= 11 is 0. The molecule has 0 aromatic heterocycles. The van der Waals surface area contributed by atoms with Crippen molar-refractivity contribution >= 4 is 5.91 Å². The van der Waals surface area contributed by atoms with Gasteiger partial charge in [-0.15, -0.1) is 0 Å². The minimum Gasteiger partial charge on any atom is -0.363 e. The molecule has 0 aromatic carbocycles. The first kappa shape index (κ1) is 23.3. The molecule has 154 valence electrons. The molecule has 5 nitrogen and oxygen atoms in total. The zero-order valence-corrected chi connectivity index (χ0v) is 17.7. The maximum Gasteiger partial charge on any atom is 0.226 e. The number of ether oxygens (including phenoxy) is 1. The minimum absolute atomic E-state index is 0.0213. The van der Waals surface area contributed by atoms with E-state index in [-0.39, 0.29) is 17.9 Å². The Balaban J connectivity index is 0.000000615. The Morgan fingerprint density at radius 1 is 1.27 bits per heavy atom. The van der Waals surface area contributed by atoms with Crippen molar-refractivity contribution in [1.82, 2.24) is 5.32 Å². The Morgan fingerprint density at radius 2 is 1.77 bits per heavy atom. The molecule has 0 bridgehead atoms. The molecule has 0 aromatic rings. The lowest BCUT2D eigenvalue weighted by Gasteiger charge is -2.68. The topological polar surface area (TPSA) is 73.6 Å². The second-order valence-electron chi connectivity index (χ2n) is 8.06. The number of amides is 1. The molecule has 2 saturated heterocycles. The molecule has 3 aliphatic rings. The predicted octanol–water partition coefficient (Wildman–Crippen LogP) is 3.90. The second-order valence-corrected chi connectivity index (χ2v) is 8.06. The van der Waals surface area contributed by atoms with Crippen LogP contribution in [0.3, 0.4) is 0 Å². The normalized spacial score (nSPS) is 36.3. The summed E-state index contributed by atoms with van der Waals surface area (Å²) in [4.78, 5) is 15.3. The fraction of sp³-hybridized carbons (Fsp3) is 0.950. The molecule has 3 fully saturated rings. The van der Waals surface area contributed by atoms with E-state index in [2.05, 4.69) is 38.0 Å². The first-order valence-corrected chi connectivity index (χ1v) is 10.1. The van der Waals surface area contributed by atoms with Crippen LogP contribution in [-0.2, 0) is 14.5 Å². The summed E-state index contributed by atoms with van der Waals surface area (Å²) < 4.78 is 16.1. The zero-order valence-electron chi connectivity index (χ0n) is 17.7. The number of nitrogens with one attached hydrogen (secondary N) is 1. The van der Waals surface area contributed by atoms with Gasteiger partial charge in [0, 0.05) is 6.04 Å². The van der Waals surface area contributed by atoms with Gasteiger partial charge in [-0.2, -0.15) is 4.94 Å². The molecule has 2 aliphatic heterocycles. The number of halogens is 1. The van der Waals surface area contributed by atoms with Gasteiger partial charge >= 0.3 is 0 Å². The molecule has 1 aliphatic carbocycles. The lowest BCUT2D eigenvalue weighted by molar-refractivity contribution is -0.330. The Morgan fingerprint density at radius 3 is 2.19 bits per heavy atom. The molecule has 1 unspecified atom stereocenters. The highest BCUT2D eigenvalue weighted by atomic mass is 19.3. The monoisotopic (exact) mass is 374 g/mol. The van der Waals surface area contributed by atoms with Gasteiger partial charge in [-0.3, -0.25) is 4.79 Å². The van der Waals surface area contributed by atoms with E-state index in [1.54, 1.807) is 0 Å².